The molecule has 0 spiro atoms. The van der Waals surface area contributed by atoms with Gasteiger partial charge in [0.15, 0.2) is 5.82 Å². The Kier molecular flexibility index (Phi) is 2.83. The molecule has 1 aromatic heterocycles. The molecule has 0 aliphatic carbocycles. The molecule has 2 rings (SSSR count). The Hall–Kier alpha value is -1.20. The molecular formula is C9H7ClFN3S. The van der Waals surface area contributed by atoms with Crippen LogP contribution in [0.15, 0.2) is 18.2 Å². The zero-order valence-corrected chi connectivity index (χ0v) is 9.36. The van der Waals surface area contributed by atoms with E-state index < -0.39 is 0 Å². The summed E-state index contributed by atoms with van der Waals surface area (Å²) in [4.78, 5) is 0. The van der Waals surface area contributed by atoms with E-state index in [1.807, 2.05) is 0 Å². The third-order valence-electron chi connectivity index (χ3n) is 1.91. The van der Waals surface area contributed by atoms with Crippen LogP contribution in [-0.4, -0.2) is 15.8 Å². The van der Waals surface area contributed by atoms with Gasteiger partial charge in [-0.3, -0.25) is 0 Å². The Morgan fingerprint density at radius 2 is 2.20 bits per heavy atom. The standard InChI is InChI=1S/C9H7ClFN3S/c1-12-9-8(13-15-14-9)6-4-5(11)2-3-7(6)10/h2-4H,1H3,(H,12,14). The molecule has 0 atom stereocenters. The summed E-state index contributed by atoms with van der Waals surface area (Å²) in [5.74, 6) is 0.261. The molecular weight excluding hydrogens is 237 g/mol. The zero-order valence-electron chi connectivity index (χ0n) is 7.79. The normalized spacial score (nSPS) is 10.3. The fraction of sp³-hybridized carbons (Fsp3) is 0.111. The molecule has 2 aromatic rings. The maximum absolute atomic E-state index is 13.1. The van der Waals surface area contributed by atoms with Crippen LogP contribution in [0.25, 0.3) is 11.3 Å². The molecule has 3 nitrogen and oxygen atoms in total. The van der Waals surface area contributed by atoms with Gasteiger partial charge >= 0.3 is 0 Å². The van der Waals surface area contributed by atoms with Crippen LogP contribution < -0.4 is 5.32 Å². The maximum Gasteiger partial charge on any atom is 0.167 e. The molecule has 0 aliphatic heterocycles. The zero-order chi connectivity index (χ0) is 10.8. The average molecular weight is 244 g/mol. The summed E-state index contributed by atoms with van der Waals surface area (Å²) in [6, 6.07) is 4.16. The lowest BCUT2D eigenvalue weighted by atomic mass is 10.1. The first-order chi connectivity index (χ1) is 7.22. The minimum atomic E-state index is -0.343. The molecule has 0 amide bonds. The third-order valence-corrected chi connectivity index (χ3v) is 2.77. The third kappa shape index (κ3) is 1.93. The first-order valence-electron chi connectivity index (χ1n) is 4.18. The molecule has 0 bridgehead atoms. The molecule has 0 unspecified atom stereocenters. The van der Waals surface area contributed by atoms with Crippen molar-refractivity contribution in [3.8, 4) is 11.3 Å². The number of halogens is 2. The van der Waals surface area contributed by atoms with Crippen molar-refractivity contribution in [2.75, 3.05) is 12.4 Å². The molecule has 1 N–H and O–H groups in total. The number of aromatic nitrogens is 2. The Morgan fingerprint density at radius 1 is 1.40 bits per heavy atom. The summed E-state index contributed by atoms with van der Waals surface area (Å²) in [5, 5.41) is 3.34. The fourth-order valence-corrected chi connectivity index (χ4v) is 1.98. The minimum absolute atomic E-state index is 0.343. The first-order valence-corrected chi connectivity index (χ1v) is 5.29. The van der Waals surface area contributed by atoms with Crippen LogP contribution in [0.4, 0.5) is 10.2 Å². The monoisotopic (exact) mass is 243 g/mol. The largest absolute Gasteiger partial charge is 0.370 e. The van der Waals surface area contributed by atoms with E-state index in [4.69, 9.17) is 11.6 Å². The molecule has 78 valence electrons. The van der Waals surface area contributed by atoms with Gasteiger partial charge in [-0.15, -0.1) is 0 Å². The molecule has 0 saturated heterocycles. The van der Waals surface area contributed by atoms with Crippen LogP contribution in [0.2, 0.25) is 5.02 Å². The van der Waals surface area contributed by atoms with Gasteiger partial charge in [-0.2, -0.15) is 8.75 Å². The highest BCUT2D eigenvalue weighted by molar-refractivity contribution is 6.99. The number of rotatable bonds is 2. The van der Waals surface area contributed by atoms with E-state index >= 15 is 0 Å². The quantitative estimate of drug-likeness (QED) is 0.881. The molecule has 0 radical (unpaired) electrons. The van der Waals surface area contributed by atoms with Gasteiger partial charge < -0.3 is 5.32 Å². The van der Waals surface area contributed by atoms with Crippen LogP contribution in [0.5, 0.6) is 0 Å². The van der Waals surface area contributed by atoms with Gasteiger partial charge in [0.1, 0.15) is 11.5 Å². The first kappa shape index (κ1) is 10.3. The van der Waals surface area contributed by atoms with Crippen molar-refractivity contribution in [3.63, 3.8) is 0 Å². The molecule has 0 saturated carbocycles. The van der Waals surface area contributed by atoms with E-state index in [1.165, 1.54) is 18.2 Å². The van der Waals surface area contributed by atoms with Gasteiger partial charge in [0.05, 0.1) is 16.8 Å². The molecule has 0 fully saturated rings. The van der Waals surface area contributed by atoms with E-state index in [9.17, 15) is 4.39 Å². The van der Waals surface area contributed by atoms with Crippen LogP contribution >= 0.6 is 23.3 Å². The van der Waals surface area contributed by atoms with Gasteiger partial charge in [0.2, 0.25) is 0 Å². The van der Waals surface area contributed by atoms with Crippen molar-refractivity contribution in [1.29, 1.82) is 0 Å². The smallest absolute Gasteiger partial charge is 0.167 e. The van der Waals surface area contributed by atoms with Gasteiger partial charge in [-0.05, 0) is 18.2 Å². The van der Waals surface area contributed by atoms with Crippen molar-refractivity contribution in [1.82, 2.24) is 8.75 Å². The van der Waals surface area contributed by atoms with Gasteiger partial charge in [0, 0.05) is 12.6 Å². The number of hydrogen-bond acceptors (Lipinski definition) is 4. The van der Waals surface area contributed by atoms with E-state index in [2.05, 4.69) is 14.1 Å². The molecule has 15 heavy (non-hydrogen) atoms. The number of nitrogens with zero attached hydrogens (tertiary/aromatic N) is 2. The topological polar surface area (TPSA) is 37.8 Å². The van der Waals surface area contributed by atoms with Crippen LogP contribution in [0, 0.1) is 5.82 Å². The average Bonchev–Trinajstić information content (AvgIpc) is 2.69. The minimum Gasteiger partial charge on any atom is -0.370 e. The fourth-order valence-electron chi connectivity index (χ4n) is 1.21. The highest BCUT2D eigenvalue weighted by atomic mass is 35.5. The predicted molar refractivity (Wildman–Crippen MR) is 59.9 cm³/mol. The maximum atomic E-state index is 13.1. The second-order valence-electron chi connectivity index (χ2n) is 2.84. The Bertz CT molecular complexity index is 486. The van der Waals surface area contributed by atoms with Crippen molar-refractivity contribution in [2.45, 2.75) is 0 Å². The van der Waals surface area contributed by atoms with E-state index in [0.717, 1.165) is 11.7 Å². The summed E-state index contributed by atoms with van der Waals surface area (Å²) < 4.78 is 21.1. The summed E-state index contributed by atoms with van der Waals surface area (Å²) >= 11 is 7.02. The summed E-state index contributed by atoms with van der Waals surface area (Å²) in [6.07, 6.45) is 0. The summed E-state index contributed by atoms with van der Waals surface area (Å²) in [6.45, 7) is 0. The van der Waals surface area contributed by atoms with E-state index in [-0.39, 0.29) is 5.82 Å². The molecule has 0 aliphatic rings. The van der Waals surface area contributed by atoms with E-state index in [1.54, 1.807) is 7.05 Å². The number of nitrogens with one attached hydrogen (secondary N) is 1. The number of anilines is 1. The highest BCUT2D eigenvalue weighted by Crippen LogP contribution is 2.32. The second kappa shape index (κ2) is 4.12. The van der Waals surface area contributed by atoms with E-state index in [0.29, 0.717) is 22.1 Å². The van der Waals surface area contributed by atoms with Crippen LogP contribution in [0.3, 0.4) is 0 Å². The van der Waals surface area contributed by atoms with Crippen molar-refractivity contribution >= 4 is 29.1 Å². The van der Waals surface area contributed by atoms with Crippen LogP contribution in [0.1, 0.15) is 0 Å². The predicted octanol–water partition coefficient (Wildman–Crippen LogP) is 3.04. The lowest BCUT2D eigenvalue weighted by molar-refractivity contribution is 0.628. The van der Waals surface area contributed by atoms with Crippen molar-refractivity contribution < 1.29 is 4.39 Å². The van der Waals surface area contributed by atoms with Gasteiger partial charge in [0.25, 0.3) is 0 Å². The molecule has 1 aromatic carbocycles. The second-order valence-corrected chi connectivity index (χ2v) is 3.77. The van der Waals surface area contributed by atoms with Gasteiger partial charge in [-0.1, -0.05) is 11.6 Å². The van der Waals surface area contributed by atoms with Crippen LogP contribution in [-0.2, 0) is 0 Å². The molecule has 6 heteroatoms. The summed E-state index contributed by atoms with van der Waals surface area (Å²) in [7, 11) is 1.73. The van der Waals surface area contributed by atoms with Crippen molar-refractivity contribution in [2.24, 2.45) is 0 Å². The Morgan fingerprint density at radius 3 is 2.93 bits per heavy atom. The lowest BCUT2D eigenvalue weighted by Crippen LogP contribution is -1.91. The van der Waals surface area contributed by atoms with Crippen molar-refractivity contribution in [3.05, 3.63) is 29.0 Å². The number of benzene rings is 1. The SMILES string of the molecule is CNc1nsnc1-c1cc(F)ccc1Cl. The molecule has 1 heterocycles. The summed E-state index contributed by atoms with van der Waals surface area (Å²) in [5.41, 5.74) is 1.13. The lowest BCUT2D eigenvalue weighted by Gasteiger charge is -2.02. The number of hydrogen-bond donors (Lipinski definition) is 1. The highest BCUT2D eigenvalue weighted by Gasteiger charge is 2.13. The Balaban J connectivity index is 2.58. The van der Waals surface area contributed by atoms with Gasteiger partial charge in [-0.25, -0.2) is 4.39 Å². The Labute approximate surface area is 95.2 Å².